The lowest BCUT2D eigenvalue weighted by Crippen LogP contribution is -2.57. The minimum absolute atomic E-state index is 0.104. The van der Waals surface area contributed by atoms with Crippen molar-refractivity contribution in [2.75, 3.05) is 25.4 Å². The van der Waals surface area contributed by atoms with Crippen LogP contribution in [0.3, 0.4) is 0 Å². The molecule has 138 valence electrons. The number of amides is 2. The molecule has 4 N–H and O–H groups in total. The van der Waals surface area contributed by atoms with Gasteiger partial charge in [-0.05, 0) is 6.07 Å². The Morgan fingerprint density at radius 3 is 2.92 bits per heavy atom. The molecule has 1 fully saturated rings. The minimum atomic E-state index is -0.323. The fourth-order valence-electron chi connectivity index (χ4n) is 2.58. The van der Waals surface area contributed by atoms with Gasteiger partial charge in [-0.15, -0.1) is 0 Å². The van der Waals surface area contributed by atoms with Gasteiger partial charge in [-0.25, -0.2) is 14.2 Å². The van der Waals surface area contributed by atoms with Crippen LogP contribution in [0.2, 0.25) is 0 Å². The number of carbonyl (C=O) groups is 1. The van der Waals surface area contributed by atoms with Crippen molar-refractivity contribution in [3.8, 4) is 0 Å². The first kappa shape index (κ1) is 17.9. The maximum Gasteiger partial charge on any atom is 0.317 e. The summed E-state index contributed by atoms with van der Waals surface area (Å²) >= 11 is 0. The fraction of sp³-hybridized carbons (Fsp3) is 0.353. The van der Waals surface area contributed by atoms with Gasteiger partial charge < -0.3 is 25.7 Å². The maximum atomic E-state index is 13.5. The topological polar surface area (TPSA) is 113 Å². The second-order valence-corrected chi connectivity index (χ2v) is 6.03. The summed E-state index contributed by atoms with van der Waals surface area (Å²) in [6.07, 6.45) is 0.264. The van der Waals surface area contributed by atoms with Crippen LogP contribution < -0.4 is 16.6 Å². The van der Waals surface area contributed by atoms with E-state index in [1.54, 1.807) is 23.1 Å². The highest BCUT2D eigenvalue weighted by Crippen LogP contribution is 2.15. The third kappa shape index (κ3) is 4.57. The molecule has 2 aromatic rings. The Morgan fingerprint density at radius 2 is 2.19 bits per heavy atom. The highest BCUT2D eigenvalue weighted by atomic mass is 19.1. The molecule has 1 aromatic carbocycles. The molecule has 0 atom stereocenters. The monoisotopic (exact) mass is 361 g/mol. The van der Waals surface area contributed by atoms with Crippen LogP contribution in [0.5, 0.6) is 0 Å². The van der Waals surface area contributed by atoms with Crippen LogP contribution in [-0.2, 0) is 17.8 Å². The molecule has 2 heterocycles. The number of urea groups is 1. The average Bonchev–Trinajstić information content (AvgIpc) is 2.54. The molecule has 0 bridgehead atoms. The molecule has 1 aliphatic heterocycles. The molecule has 3 rings (SSSR count). The number of anilines is 1. The van der Waals surface area contributed by atoms with E-state index in [0.29, 0.717) is 37.4 Å². The number of halogens is 1. The summed E-state index contributed by atoms with van der Waals surface area (Å²) in [5, 5.41) is 2.74. The van der Waals surface area contributed by atoms with Gasteiger partial charge in [0.25, 0.3) is 5.56 Å². The van der Waals surface area contributed by atoms with Crippen LogP contribution in [0.4, 0.5) is 15.0 Å². The Kier molecular flexibility index (Phi) is 5.47. The highest BCUT2D eigenvalue weighted by Gasteiger charge is 2.31. The molecule has 8 nitrogen and oxygen atoms in total. The third-order valence-corrected chi connectivity index (χ3v) is 4.02. The van der Waals surface area contributed by atoms with Gasteiger partial charge in [-0.2, -0.15) is 0 Å². The van der Waals surface area contributed by atoms with Crippen LogP contribution in [0.25, 0.3) is 0 Å². The largest absolute Gasteiger partial charge is 0.383 e. The van der Waals surface area contributed by atoms with E-state index < -0.39 is 0 Å². The Hall–Kier alpha value is -2.94. The first-order chi connectivity index (χ1) is 12.5. The van der Waals surface area contributed by atoms with Gasteiger partial charge in [0.2, 0.25) is 0 Å². The summed E-state index contributed by atoms with van der Waals surface area (Å²) in [6, 6.07) is 7.42. The van der Waals surface area contributed by atoms with E-state index in [4.69, 9.17) is 10.5 Å². The van der Waals surface area contributed by atoms with Gasteiger partial charge in [0.15, 0.2) is 0 Å². The van der Waals surface area contributed by atoms with Gasteiger partial charge >= 0.3 is 6.03 Å². The van der Waals surface area contributed by atoms with Gasteiger partial charge in [0.1, 0.15) is 17.5 Å². The number of H-pyrrole nitrogens is 1. The number of nitrogens with two attached hydrogens (primary N) is 1. The van der Waals surface area contributed by atoms with Crippen molar-refractivity contribution < 1.29 is 13.9 Å². The second-order valence-electron chi connectivity index (χ2n) is 6.03. The van der Waals surface area contributed by atoms with Crippen LogP contribution in [0.15, 0.2) is 35.1 Å². The van der Waals surface area contributed by atoms with Crippen molar-refractivity contribution in [1.29, 1.82) is 0 Å². The third-order valence-electron chi connectivity index (χ3n) is 4.02. The predicted molar refractivity (Wildman–Crippen MR) is 92.9 cm³/mol. The Morgan fingerprint density at radius 1 is 1.42 bits per heavy atom. The summed E-state index contributed by atoms with van der Waals surface area (Å²) in [4.78, 5) is 31.4. The first-order valence-electron chi connectivity index (χ1n) is 8.25. The predicted octanol–water partition coefficient (Wildman–Crippen LogP) is 0.644. The van der Waals surface area contributed by atoms with E-state index in [9.17, 15) is 14.0 Å². The fourth-order valence-corrected chi connectivity index (χ4v) is 2.58. The molecule has 0 radical (unpaired) electrons. The maximum absolute atomic E-state index is 13.5. The lowest BCUT2D eigenvalue weighted by Gasteiger charge is -2.38. The number of nitrogens with one attached hydrogen (secondary N) is 2. The molecule has 0 saturated carbocycles. The van der Waals surface area contributed by atoms with E-state index in [2.05, 4.69) is 15.3 Å². The lowest BCUT2D eigenvalue weighted by molar-refractivity contribution is -0.0449. The number of aromatic amines is 1. The number of rotatable bonds is 6. The number of ether oxygens (including phenoxy) is 1. The van der Waals surface area contributed by atoms with Crippen molar-refractivity contribution in [2.24, 2.45) is 0 Å². The molecule has 0 spiro atoms. The number of hydrogen-bond donors (Lipinski definition) is 3. The molecular formula is C17H20FN5O3. The lowest BCUT2D eigenvalue weighted by atomic mass is 10.1. The summed E-state index contributed by atoms with van der Waals surface area (Å²) in [7, 11) is 0. The van der Waals surface area contributed by atoms with Crippen molar-refractivity contribution in [3.05, 3.63) is 57.9 Å². The Bertz CT molecular complexity index is 835. The molecule has 9 heteroatoms. The van der Waals surface area contributed by atoms with Crippen LogP contribution in [-0.4, -0.2) is 46.6 Å². The molecular weight excluding hydrogens is 341 g/mol. The van der Waals surface area contributed by atoms with Gasteiger partial charge in [-0.1, -0.05) is 18.2 Å². The van der Waals surface area contributed by atoms with E-state index >= 15 is 0 Å². The number of likely N-dealkylation sites (tertiary alicyclic amines) is 1. The summed E-state index contributed by atoms with van der Waals surface area (Å²) in [5.74, 6) is 0.271. The van der Waals surface area contributed by atoms with E-state index in [1.165, 1.54) is 12.1 Å². The molecule has 1 aliphatic rings. The van der Waals surface area contributed by atoms with Crippen LogP contribution >= 0.6 is 0 Å². The Balaban J connectivity index is 1.36. The highest BCUT2D eigenvalue weighted by molar-refractivity contribution is 5.75. The summed E-state index contributed by atoms with van der Waals surface area (Å²) in [6.45, 7) is 1.41. The van der Waals surface area contributed by atoms with Crippen molar-refractivity contribution in [2.45, 2.75) is 19.1 Å². The molecule has 2 amide bonds. The van der Waals surface area contributed by atoms with Crippen LogP contribution in [0.1, 0.15) is 11.4 Å². The zero-order chi connectivity index (χ0) is 18.5. The van der Waals surface area contributed by atoms with Crippen molar-refractivity contribution in [3.63, 3.8) is 0 Å². The SMILES string of the molecule is Nc1cc(=O)[nH]c(CCNC(=O)N2CC(OCc3ccccc3F)C2)n1. The smallest absolute Gasteiger partial charge is 0.317 e. The number of hydrogen-bond acceptors (Lipinski definition) is 5. The number of nitrogens with zero attached hydrogens (tertiary/aromatic N) is 2. The number of aromatic nitrogens is 2. The number of benzene rings is 1. The van der Waals surface area contributed by atoms with E-state index in [1.807, 2.05) is 0 Å². The molecule has 0 unspecified atom stereocenters. The summed E-state index contributed by atoms with van der Waals surface area (Å²) in [5.41, 5.74) is 5.68. The average molecular weight is 361 g/mol. The van der Waals surface area contributed by atoms with Crippen molar-refractivity contribution >= 4 is 11.8 Å². The number of nitrogen functional groups attached to an aromatic ring is 1. The van der Waals surface area contributed by atoms with E-state index in [-0.39, 0.29) is 35.9 Å². The normalized spacial score (nSPS) is 14.1. The zero-order valence-electron chi connectivity index (χ0n) is 14.1. The first-order valence-corrected chi connectivity index (χ1v) is 8.25. The molecule has 1 saturated heterocycles. The van der Waals surface area contributed by atoms with Crippen molar-refractivity contribution in [1.82, 2.24) is 20.2 Å². The second kappa shape index (κ2) is 7.96. The number of carbonyl (C=O) groups excluding carboxylic acids is 1. The van der Waals surface area contributed by atoms with Gasteiger partial charge in [-0.3, -0.25) is 4.79 Å². The molecule has 1 aromatic heterocycles. The Labute approximate surface area is 149 Å². The standard InChI is InChI=1S/C17H20FN5O3/c18-13-4-2-1-3-11(13)10-26-12-8-23(9-12)17(25)20-6-5-15-21-14(19)7-16(24)22-15/h1-4,7,12H,5-6,8-10H2,(H,20,25)(H3,19,21,22,24). The molecule has 0 aliphatic carbocycles. The summed E-state index contributed by atoms with van der Waals surface area (Å²) < 4.78 is 19.1. The van der Waals surface area contributed by atoms with Gasteiger partial charge in [0.05, 0.1) is 25.8 Å². The minimum Gasteiger partial charge on any atom is -0.383 e. The van der Waals surface area contributed by atoms with E-state index in [0.717, 1.165) is 0 Å². The quantitative estimate of drug-likeness (QED) is 0.699. The van der Waals surface area contributed by atoms with Gasteiger partial charge in [0, 0.05) is 24.6 Å². The molecule has 26 heavy (non-hydrogen) atoms. The van der Waals surface area contributed by atoms with Crippen LogP contribution in [0, 0.1) is 5.82 Å². The zero-order valence-corrected chi connectivity index (χ0v) is 14.1.